The van der Waals surface area contributed by atoms with E-state index in [1.807, 2.05) is 48.5 Å². The van der Waals surface area contributed by atoms with Crippen LogP contribution in [-0.2, 0) is 11.3 Å². The van der Waals surface area contributed by atoms with Crippen LogP contribution in [0.5, 0.6) is 0 Å². The van der Waals surface area contributed by atoms with Gasteiger partial charge in [0.05, 0.1) is 17.1 Å². The number of nitriles is 1. The van der Waals surface area contributed by atoms with Gasteiger partial charge in [-0.25, -0.2) is 0 Å². The summed E-state index contributed by atoms with van der Waals surface area (Å²) in [5.41, 5.74) is 9.36. The molecule has 7 heteroatoms. The minimum absolute atomic E-state index is 0.363. The molecule has 6 nitrogen and oxygen atoms in total. The fraction of sp³-hybridized carbons (Fsp3) is 0.125. The van der Waals surface area contributed by atoms with Crippen LogP contribution < -0.4 is 10.3 Å². The molecule has 0 aliphatic rings. The van der Waals surface area contributed by atoms with Gasteiger partial charge in [-0.15, -0.1) is 0 Å². The first kappa shape index (κ1) is 20.8. The molecule has 4 aromatic rings. The Labute approximate surface area is 183 Å². The summed E-state index contributed by atoms with van der Waals surface area (Å²) in [5, 5.41) is 10.2. The van der Waals surface area contributed by atoms with Gasteiger partial charge < -0.3 is 14.5 Å². The molecule has 0 radical (unpaired) electrons. The van der Waals surface area contributed by atoms with E-state index in [1.54, 1.807) is 0 Å². The Hall–Kier alpha value is -3.44. The summed E-state index contributed by atoms with van der Waals surface area (Å²) < 4.78 is 23.5. The summed E-state index contributed by atoms with van der Waals surface area (Å²) in [5.74, 6) is 0.363. The van der Waals surface area contributed by atoms with E-state index in [-0.39, 0.29) is 0 Å². The highest BCUT2D eigenvalue weighted by atomic mass is 32.2. The van der Waals surface area contributed by atoms with Gasteiger partial charge in [-0.1, -0.05) is 38.1 Å². The summed E-state index contributed by atoms with van der Waals surface area (Å²) in [6.45, 7) is 4.35. The maximum Gasteiger partial charge on any atom is 0.0991 e. The zero-order valence-electron chi connectivity index (χ0n) is 17.1. The highest BCUT2D eigenvalue weighted by Gasteiger charge is 2.14. The number of nitrogens with one attached hydrogen (secondary N) is 2. The Balaban J connectivity index is 1.78. The zero-order chi connectivity index (χ0) is 22.0. The van der Waals surface area contributed by atoms with E-state index >= 15 is 0 Å². The Morgan fingerprint density at radius 1 is 1.00 bits per heavy atom. The molecule has 0 fully saturated rings. The molecule has 1 atom stereocenters. The molecule has 0 saturated heterocycles. The third-order valence-corrected chi connectivity index (χ3v) is 5.50. The first-order chi connectivity index (χ1) is 15.0. The Morgan fingerprint density at radius 3 is 2.29 bits per heavy atom. The van der Waals surface area contributed by atoms with Crippen molar-refractivity contribution < 1.29 is 8.76 Å². The first-order valence-corrected chi connectivity index (χ1v) is 10.9. The average molecular weight is 430 g/mol. The van der Waals surface area contributed by atoms with E-state index < -0.39 is 11.3 Å². The summed E-state index contributed by atoms with van der Waals surface area (Å²) in [6, 6.07) is 23.7. The number of fused-ring (bicyclic) bond motifs is 1. The van der Waals surface area contributed by atoms with Gasteiger partial charge >= 0.3 is 0 Å². The molecular weight excluding hydrogens is 408 g/mol. The number of hydrogen-bond donors (Lipinski definition) is 2. The second-order valence-corrected chi connectivity index (χ2v) is 8.21. The van der Waals surface area contributed by atoms with Gasteiger partial charge in [-0.2, -0.15) is 10.1 Å². The number of hydrazine groups is 1. The van der Waals surface area contributed by atoms with Crippen molar-refractivity contribution in [1.82, 2.24) is 9.40 Å². The third-order valence-electron chi connectivity index (χ3n) is 5.23. The lowest BCUT2D eigenvalue weighted by Crippen LogP contribution is -2.23. The van der Waals surface area contributed by atoms with Gasteiger partial charge in [0.1, 0.15) is 0 Å². The first-order valence-electron chi connectivity index (χ1n) is 9.83. The highest BCUT2D eigenvalue weighted by Crippen LogP contribution is 2.33. The summed E-state index contributed by atoms with van der Waals surface area (Å²) in [6.07, 6.45) is 2.16. The monoisotopic (exact) mass is 429 g/mol. The molecular formula is C24H21N4O2S-. The quantitative estimate of drug-likeness (QED) is 0.333. The van der Waals surface area contributed by atoms with Gasteiger partial charge in [0.25, 0.3) is 0 Å². The molecule has 0 amide bonds. The van der Waals surface area contributed by atoms with Gasteiger partial charge in [0.2, 0.25) is 0 Å². The minimum atomic E-state index is -2.39. The zero-order valence-corrected chi connectivity index (χ0v) is 17.9. The molecule has 4 rings (SSSR count). The predicted octanol–water partition coefficient (Wildman–Crippen LogP) is 5.00. The van der Waals surface area contributed by atoms with Crippen LogP contribution in [0.2, 0.25) is 0 Å². The van der Waals surface area contributed by atoms with E-state index in [1.165, 1.54) is 10.9 Å². The molecule has 0 spiro atoms. The lowest BCUT2D eigenvalue weighted by Gasteiger charge is -2.11. The maximum atomic E-state index is 10.7. The fourth-order valence-corrected chi connectivity index (χ4v) is 3.85. The lowest BCUT2D eigenvalue weighted by atomic mass is 9.99. The normalized spacial score (nSPS) is 12.1. The summed E-state index contributed by atoms with van der Waals surface area (Å²) in [7, 11) is 0. The third kappa shape index (κ3) is 4.37. The van der Waals surface area contributed by atoms with Crippen LogP contribution in [0.25, 0.3) is 27.7 Å². The molecule has 1 heterocycles. The van der Waals surface area contributed by atoms with E-state index in [0.717, 1.165) is 22.3 Å². The number of rotatable bonds is 6. The molecule has 2 N–H and O–H groups in total. The highest BCUT2D eigenvalue weighted by molar-refractivity contribution is 7.77. The second kappa shape index (κ2) is 8.74. The van der Waals surface area contributed by atoms with Crippen LogP contribution in [0.15, 0.2) is 72.9 Å². The van der Waals surface area contributed by atoms with Crippen molar-refractivity contribution in [1.29, 1.82) is 5.26 Å². The van der Waals surface area contributed by atoms with Crippen LogP contribution in [0.3, 0.4) is 0 Å². The van der Waals surface area contributed by atoms with Crippen LogP contribution in [0.1, 0.15) is 30.9 Å². The molecule has 31 heavy (non-hydrogen) atoms. The van der Waals surface area contributed by atoms with Crippen molar-refractivity contribution in [2.45, 2.75) is 19.8 Å². The fourth-order valence-electron chi connectivity index (χ4n) is 3.65. The molecule has 3 aromatic carbocycles. The van der Waals surface area contributed by atoms with Crippen molar-refractivity contribution in [3.05, 3.63) is 84.1 Å². The van der Waals surface area contributed by atoms with Crippen LogP contribution in [0, 0.1) is 11.3 Å². The predicted molar refractivity (Wildman–Crippen MR) is 123 cm³/mol. The number of aromatic nitrogens is 1. The number of anilines is 1. The van der Waals surface area contributed by atoms with E-state index in [9.17, 15) is 8.76 Å². The second-order valence-electron chi connectivity index (χ2n) is 7.54. The van der Waals surface area contributed by atoms with Crippen molar-refractivity contribution >= 4 is 27.9 Å². The van der Waals surface area contributed by atoms with Gasteiger partial charge in [0, 0.05) is 34.2 Å². The molecule has 0 saturated carbocycles. The molecule has 1 aromatic heterocycles. The Kier molecular flexibility index (Phi) is 5.87. The largest absolute Gasteiger partial charge is 0.759 e. The van der Waals surface area contributed by atoms with Crippen LogP contribution >= 0.6 is 0 Å². The van der Waals surface area contributed by atoms with Crippen molar-refractivity contribution in [2.75, 3.05) is 5.43 Å². The van der Waals surface area contributed by atoms with Crippen molar-refractivity contribution in [2.24, 2.45) is 0 Å². The van der Waals surface area contributed by atoms with Crippen molar-refractivity contribution in [3.63, 3.8) is 0 Å². The molecule has 0 aliphatic heterocycles. The van der Waals surface area contributed by atoms with Crippen LogP contribution in [-0.4, -0.2) is 13.3 Å². The Morgan fingerprint density at radius 2 is 1.68 bits per heavy atom. The molecule has 1 unspecified atom stereocenters. The van der Waals surface area contributed by atoms with Crippen LogP contribution in [0.4, 0.5) is 5.69 Å². The lowest BCUT2D eigenvalue weighted by molar-refractivity contribution is 0.528. The summed E-state index contributed by atoms with van der Waals surface area (Å²) in [4.78, 5) is 2.14. The molecule has 156 valence electrons. The standard InChI is InChI=1S/C24H22N4O2S/c1-16(2)23-15-28(21-10-8-20(9-11-21)26-27-31(29)30)24-13-19(7-12-22(23)24)18-5-3-17(14-25)4-6-18/h3-13,15-16,26-27H,1-2H3,(H,29,30)/p-1. The van der Waals surface area contributed by atoms with Gasteiger partial charge in [-0.05, 0) is 65.1 Å². The number of benzene rings is 3. The van der Waals surface area contributed by atoms with E-state index in [4.69, 9.17) is 5.26 Å². The topological polar surface area (TPSA) is 92.9 Å². The molecule has 0 bridgehead atoms. The van der Waals surface area contributed by atoms with E-state index in [2.05, 4.69) is 59.1 Å². The van der Waals surface area contributed by atoms with Gasteiger partial charge in [-0.3, -0.25) is 4.21 Å². The number of nitrogens with zero attached hydrogens (tertiary/aromatic N) is 2. The maximum absolute atomic E-state index is 10.7. The average Bonchev–Trinajstić information content (AvgIpc) is 3.17. The SMILES string of the molecule is CC(C)c1cn(-c2ccc(NNS(=O)[O-])cc2)c2cc(-c3ccc(C#N)cc3)ccc12. The van der Waals surface area contributed by atoms with Crippen molar-refractivity contribution in [3.8, 4) is 22.9 Å². The van der Waals surface area contributed by atoms with E-state index in [0.29, 0.717) is 17.2 Å². The summed E-state index contributed by atoms with van der Waals surface area (Å²) >= 11 is -2.39. The van der Waals surface area contributed by atoms with Gasteiger partial charge in [0.15, 0.2) is 0 Å². The Bertz CT molecular complexity index is 1290. The number of hydrogen-bond acceptors (Lipinski definition) is 4. The minimum Gasteiger partial charge on any atom is -0.759 e. The smallest absolute Gasteiger partial charge is 0.0991 e. The molecule has 0 aliphatic carbocycles.